The van der Waals surface area contributed by atoms with Crippen molar-refractivity contribution in [3.8, 4) is 0 Å². The quantitative estimate of drug-likeness (QED) is 0.169. The summed E-state index contributed by atoms with van der Waals surface area (Å²) >= 11 is 18.9. The number of sulfonamides is 1. The van der Waals surface area contributed by atoms with Gasteiger partial charge in [0.2, 0.25) is 11.8 Å². The SMILES string of the molecule is Cc1ccc(N(CC(=O)N(Cc2ccc(Cl)c(Cl)c2)C(Cc2ccccc2)C(=O)NC(C)C)S(=O)(=O)c2ccccc2)cc1Cl. The van der Waals surface area contributed by atoms with Crippen LogP contribution >= 0.6 is 34.8 Å². The molecule has 4 aromatic rings. The van der Waals surface area contributed by atoms with E-state index in [1.165, 1.54) is 23.1 Å². The Labute approximate surface area is 279 Å². The molecule has 1 unspecified atom stereocenters. The van der Waals surface area contributed by atoms with Gasteiger partial charge in [0.15, 0.2) is 0 Å². The highest BCUT2D eigenvalue weighted by molar-refractivity contribution is 7.92. The van der Waals surface area contributed by atoms with Crippen LogP contribution in [0.2, 0.25) is 15.1 Å². The number of anilines is 1. The van der Waals surface area contributed by atoms with Crippen LogP contribution < -0.4 is 9.62 Å². The molecule has 0 saturated carbocycles. The summed E-state index contributed by atoms with van der Waals surface area (Å²) in [6.45, 7) is 4.83. The van der Waals surface area contributed by atoms with E-state index in [0.29, 0.717) is 15.6 Å². The molecule has 45 heavy (non-hydrogen) atoms. The summed E-state index contributed by atoms with van der Waals surface area (Å²) in [7, 11) is -4.23. The second kappa shape index (κ2) is 15.1. The highest BCUT2D eigenvalue weighted by Gasteiger charge is 2.35. The minimum atomic E-state index is -4.23. The van der Waals surface area contributed by atoms with E-state index in [1.807, 2.05) is 44.2 Å². The molecule has 0 aromatic heterocycles. The van der Waals surface area contributed by atoms with Crippen molar-refractivity contribution in [1.29, 1.82) is 0 Å². The Balaban J connectivity index is 1.83. The number of benzene rings is 4. The number of hydrogen-bond donors (Lipinski definition) is 1. The Hall–Kier alpha value is -3.56. The first-order valence-corrected chi connectivity index (χ1v) is 16.9. The highest BCUT2D eigenvalue weighted by Crippen LogP contribution is 2.29. The molecule has 0 heterocycles. The van der Waals surface area contributed by atoms with Gasteiger partial charge in [-0.05, 0) is 73.9 Å². The van der Waals surface area contributed by atoms with Gasteiger partial charge in [0.05, 0.1) is 20.6 Å². The van der Waals surface area contributed by atoms with Gasteiger partial charge in [-0.3, -0.25) is 13.9 Å². The lowest BCUT2D eigenvalue weighted by atomic mass is 10.0. The predicted molar refractivity (Wildman–Crippen MR) is 181 cm³/mol. The Kier molecular flexibility index (Phi) is 11.6. The molecule has 1 atom stereocenters. The van der Waals surface area contributed by atoms with Crippen molar-refractivity contribution < 1.29 is 18.0 Å². The lowest BCUT2D eigenvalue weighted by Gasteiger charge is -2.34. The number of nitrogens with zero attached hydrogens (tertiary/aromatic N) is 2. The molecule has 0 spiro atoms. The van der Waals surface area contributed by atoms with Gasteiger partial charge in [0, 0.05) is 24.0 Å². The molecule has 11 heteroatoms. The average Bonchev–Trinajstić information content (AvgIpc) is 3.01. The smallest absolute Gasteiger partial charge is 0.264 e. The topological polar surface area (TPSA) is 86.8 Å². The maximum atomic E-state index is 14.5. The fraction of sp³-hybridized carbons (Fsp3) is 0.235. The predicted octanol–water partition coefficient (Wildman–Crippen LogP) is 7.32. The molecule has 0 aliphatic heterocycles. The van der Waals surface area contributed by atoms with Crippen LogP contribution in [0.15, 0.2) is 102 Å². The van der Waals surface area contributed by atoms with E-state index in [1.54, 1.807) is 55.5 Å². The Morgan fingerprint density at radius 3 is 2.02 bits per heavy atom. The molecule has 7 nitrogen and oxygen atoms in total. The molecule has 0 fully saturated rings. The van der Waals surface area contributed by atoms with Crippen molar-refractivity contribution >= 4 is 62.3 Å². The van der Waals surface area contributed by atoms with Crippen molar-refractivity contribution in [3.05, 3.63) is 129 Å². The van der Waals surface area contributed by atoms with Crippen LogP contribution in [0, 0.1) is 6.92 Å². The van der Waals surface area contributed by atoms with Gasteiger partial charge < -0.3 is 10.2 Å². The van der Waals surface area contributed by atoms with Crippen molar-refractivity contribution in [2.24, 2.45) is 0 Å². The molecule has 0 radical (unpaired) electrons. The van der Waals surface area contributed by atoms with Crippen LogP contribution in [-0.2, 0) is 32.6 Å². The molecule has 4 aromatic carbocycles. The molecular weight excluding hydrogens is 653 g/mol. The van der Waals surface area contributed by atoms with Crippen molar-refractivity contribution in [3.63, 3.8) is 0 Å². The third kappa shape index (κ3) is 8.79. The van der Waals surface area contributed by atoms with Crippen LogP contribution in [-0.4, -0.2) is 43.8 Å². The number of halogens is 3. The molecule has 0 saturated heterocycles. The van der Waals surface area contributed by atoms with Crippen LogP contribution in [0.25, 0.3) is 0 Å². The molecule has 0 aliphatic rings. The molecule has 0 aliphatic carbocycles. The van der Waals surface area contributed by atoms with Gasteiger partial charge in [0.25, 0.3) is 10.0 Å². The van der Waals surface area contributed by atoms with Crippen LogP contribution in [0.4, 0.5) is 5.69 Å². The maximum absolute atomic E-state index is 14.5. The number of amides is 2. The van der Waals surface area contributed by atoms with Gasteiger partial charge in [-0.2, -0.15) is 0 Å². The molecule has 2 amide bonds. The first-order valence-electron chi connectivity index (χ1n) is 14.3. The van der Waals surface area contributed by atoms with Crippen molar-refractivity contribution in [2.45, 2.75) is 50.7 Å². The number of hydrogen-bond acceptors (Lipinski definition) is 4. The highest BCUT2D eigenvalue weighted by atomic mass is 35.5. The summed E-state index contributed by atoms with van der Waals surface area (Å²) in [5, 5.41) is 3.90. The van der Waals surface area contributed by atoms with E-state index < -0.39 is 28.5 Å². The number of rotatable bonds is 12. The number of nitrogens with one attached hydrogen (secondary N) is 1. The monoisotopic (exact) mass is 685 g/mol. The first-order chi connectivity index (χ1) is 21.4. The van der Waals surface area contributed by atoms with E-state index in [-0.39, 0.29) is 40.5 Å². The normalized spacial score (nSPS) is 12.1. The molecular formula is C34H34Cl3N3O4S. The lowest BCUT2D eigenvalue weighted by molar-refractivity contribution is -0.140. The van der Waals surface area contributed by atoms with E-state index >= 15 is 0 Å². The van der Waals surface area contributed by atoms with E-state index in [4.69, 9.17) is 34.8 Å². The van der Waals surface area contributed by atoms with Crippen LogP contribution in [0.5, 0.6) is 0 Å². The Morgan fingerprint density at radius 2 is 1.42 bits per heavy atom. The standard InChI is InChI=1S/C34H34Cl3N3O4S/c1-23(2)38-34(42)32(19-25-10-6-4-7-11-25)39(21-26-15-17-29(35)31(37)18-26)33(41)22-40(27-16-14-24(3)30(36)20-27)45(43,44)28-12-8-5-9-13-28/h4-18,20,23,32H,19,21-22H2,1-3H3,(H,38,42). The number of carbonyl (C=O) groups is 2. The van der Waals surface area contributed by atoms with Crippen molar-refractivity contribution in [1.82, 2.24) is 10.2 Å². The number of aryl methyl sites for hydroxylation is 1. The maximum Gasteiger partial charge on any atom is 0.264 e. The summed E-state index contributed by atoms with van der Waals surface area (Å²) in [4.78, 5) is 29.7. The summed E-state index contributed by atoms with van der Waals surface area (Å²) in [6.07, 6.45) is 0.189. The summed E-state index contributed by atoms with van der Waals surface area (Å²) in [5.41, 5.74) is 2.40. The largest absolute Gasteiger partial charge is 0.352 e. The zero-order valence-electron chi connectivity index (χ0n) is 25.1. The Bertz CT molecular complexity index is 1750. The van der Waals surface area contributed by atoms with E-state index in [0.717, 1.165) is 15.4 Å². The van der Waals surface area contributed by atoms with E-state index in [2.05, 4.69) is 5.32 Å². The fourth-order valence-electron chi connectivity index (χ4n) is 4.75. The average molecular weight is 687 g/mol. The van der Waals surface area contributed by atoms with Crippen LogP contribution in [0.1, 0.15) is 30.5 Å². The third-order valence-corrected chi connectivity index (χ3v) is 10.0. The Morgan fingerprint density at radius 1 is 0.778 bits per heavy atom. The lowest BCUT2D eigenvalue weighted by Crippen LogP contribution is -2.54. The second-order valence-corrected chi connectivity index (χ2v) is 14.0. The molecule has 236 valence electrons. The van der Waals surface area contributed by atoms with Gasteiger partial charge >= 0.3 is 0 Å². The fourth-order valence-corrected chi connectivity index (χ4v) is 6.68. The number of carbonyl (C=O) groups excluding carboxylic acids is 2. The van der Waals surface area contributed by atoms with Crippen molar-refractivity contribution in [2.75, 3.05) is 10.8 Å². The zero-order chi connectivity index (χ0) is 32.7. The van der Waals surface area contributed by atoms with Gasteiger partial charge in [-0.25, -0.2) is 8.42 Å². The van der Waals surface area contributed by atoms with Gasteiger partial charge in [-0.15, -0.1) is 0 Å². The minimum Gasteiger partial charge on any atom is -0.352 e. The van der Waals surface area contributed by atoms with Gasteiger partial charge in [0.1, 0.15) is 12.6 Å². The molecule has 1 N–H and O–H groups in total. The summed E-state index contributed by atoms with van der Waals surface area (Å²) in [5.74, 6) is -0.977. The summed E-state index contributed by atoms with van der Waals surface area (Å²) in [6, 6.07) is 25.7. The third-order valence-electron chi connectivity index (χ3n) is 7.09. The van der Waals surface area contributed by atoms with E-state index in [9.17, 15) is 18.0 Å². The van der Waals surface area contributed by atoms with Crippen LogP contribution in [0.3, 0.4) is 0 Å². The second-order valence-electron chi connectivity index (χ2n) is 10.9. The molecule has 4 rings (SSSR count). The first kappa shape index (κ1) is 34.3. The molecule has 0 bridgehead atoms. The zero-order valence-corrected chi connectivity index (χ0v) is 28.2. The summed E-state index contributed by atoms with van der Waals surface area (Å²) < 4.78 is 29.2. The minimum absolute atomic E-state index is 0.00363. The van der Waals surface area contributed by atoms with Gasteiger partial charge in [-0.1, -0.05) is 95.5 Å².